The van der Waals surface area contributed by atoms with E-state index in [4.69, 9.17) is 9.94 Å². The fraction of sp³-hybridized carbons (Fsp3) is 1.00. The molecule has 1 rings (SSSR count). The molecule has 3 heteroatoms. The van der Waals surface area contributed by atoms with E-state index in [1.807, 2.05) is 0 Å². The van der Waals surface area contributed by atoms with Crippen molar-refractivity contribution in [2.45, 2.75) is 46.3 Å². The minimum atomic E-state index is 0.0592. The van der Waals surface area contributed by atoms with Crippen molar-refractivity contribution in [1.82, 2.24) is 5.48 Å². The van der Waals surface area contributed by atoms with Crippen LogP contribution in [0, 0.1) is 11.3 Å². The van der Waals surface area contributed by atoms with Gasteiger partial charge in [-0.1, -0.05) is 27.7 Å². The van der Waals surface area contributed by atoms with Crippen molar-refractivity contribution in [1.29, 1.82) is 0 Å². The summed E-state index contributed by atoms with van der Waals surface area (Å²) in [6.07, 6.45) is 1.20. The van der Waals surface area contributed by atoms with E-state index in [0.717, 1.165) is 13.0 Å². The van der Waals surface area contributed by atoms with Gasteiger partial charge in [-0.05, 0) is 12.3 Å². The Kier molecular flexibility index (Phi) is 3.33. The summed E-state index contributed by atoms with van der Waals surface area (Å²) < 4.78 is 5.74. The predicted octanol–water partition coefficient (Wildman–Crippen LogP) is 1.80. The van der Waals surface area contributed by atoms with Crippen molar-refractivity contribution in [2.24, 2.45) is 11.3 Å². The molecule has 0 aliphatic heterocycles. The molecule has 2 atom stereocenters. The first-order valence-corrected chi connectivity index (χ1v) is 4.99. The summed E-state index contributed by atoms with van der Waals surface area (Å²) in [7, 11) is 0. The van der Waals surface area contributed by atoms with E-state index >= 15 is 0 Å². The van der Waals surface area contributed by atoms with Crippen molar-refractivity contribution >= 4 is 0 Å². The monoisotopic (exact) mass is 187 g/mol. The largest absolute Gasteiger partial charge is 0.377 e. The van der Waals surface area contributed by atoms with Gasteiger partial charge in [0.15, 0.2) is 0 Å². The maximum Gasteiger partial charge on any atom is 0.0657 e. The molecule has 0 bridgehead atoms. The minimum Gasteiger partial charge on any atom is -0.377 e. The van der Waals surface area contributed by atoms with Crippen molar-refractivity contribution in [3.63, 3.8) is 0 Å². The highest BCUT2D eigenvalue weighted by atomic mass is 16.5. The summed E-state index contributed by atoms with van der Waals surface area (Å²) >= 11 is 0. The lowest BCUT2D eigenvalue weighted by Crippen LogP contribution is -2.60. The number of hydroxylamine groups is 1. The van der Waals surface area contributed by atoms with Gasteiger partial charge >= 0.3 is 0 Å². The van der Waals surface area contributed by atoms with Gasteiger partial charge in [0.1, 0.15) is 0 Å². The van der Waals surface area contributed by atoms with Crippen LogP contribution >= 0.6 is 0 Å². The molecule has 0 saturated heterocycles. The molecule has 0 aromatic heterocycles. The summed E-state index contributed by atoms with van der Waals surface area (Å²) in [5, 5.41) is 8.81. The van der Waals surface area contributed by atoms with Gasteiger partial charge in [-0.2, -0.15) is 0 Å². The van der Waals surface area contributed by atoms with Gasteiger partial charge in [0.25, 0.3) is 0 Å². The first-order valence-electron chi connectivity index (χ1n) is 4.99. The molecule has 3 nitrogen and oxygen atoms in total. The molecule has 1 aliphatic rings. The summed E-state index contributed by atoms with van der Waals surface area (Å²) in [6.45, 7) is 9.35. The molecule has 78 valence electrons. The van der Waals surface area contributed by atoms with Crippen molar-refractivity contribution in [2.75, 3.05) is 6.61 Å². The predicted molar refractivity (Wildman–Crippen MR) is 51.7 cm³/mol. The molecule has 2 unspecified atom stereocenters. The molecule has 0 spiro atoms. The van der Waals surface area contributed by atoms with Crippen LogP contribution in [-0.2, 0) is 4.74 Å². The van der Waals surface area contributed by atoms with Crippen LogP contribution in [0.15, 0.2) is 0 Å². The van der Waals surface area contributed by atoms with Crippen LogP contribution in [0.3, 0.4) is 0 Å². The highest BCUT2D eigenvalue weighted by Gasteiger charge is 2.48. The average molecular weight is 187 g/mol. The standard InChI is InChI=1S/C10H21NO2/c1-7(2)6-13-9-5-8(11-12)10(9,3)4/h7-9,11-12H,5-6H2,1-4H3. The number of nitrogens with one attached hydrogen (secondary N) is 1. The van der Waals surface area contributed by atoms with Crippen LogP contribution in [0.4, 0.5) is 0 Å². The Morgan fingerprint density at radius 2 is 2.15 bits per heavy atom. The van der Waals surface area contributed by atoms with E-state index in [1.54, 1.807) is 0 Å². The fourth-order valence-corrected chi connectivity index (χ4v) is 1.70. The third kappa shape index (κ3) is 2.22. The number of hydrogen-bond donors (Lipinski definition) is 2. The molecule has 13 heavy (non-hydrogen) atoms. The van der Waals surface area contributed by atoms with Crippen LogP contribution in [-0.4, -0.2) is 24.0 Å². The first kappa shape index (κ1) is 11.0. The molecule has 0 aromatic carbocycles. The first-order chi connectivity index (χ1) is 5.98. The average Bonchev–Trinajstić information content (AvgIpc) is 2.02. The van der Waals surface area contributed by atoms with Crippen LogP contribution in [0.25, 0.3) is 0 Å². The Bertz CT molecular complexity index is 168. The van der Waals surface area contributed by atoms with Gasteiger partial charge < -0.3 is 9.94 Å². The van der Waals surface area contributed by atoms with E-state index in [1.165, 1.54) is 0 Å². The fourth-order valence-electron chi connectivity index (χ4n) is 1.70. The van der Waals surface area contributed by atoms with E-state index in [2.05, 4.69) is 33.2 Å². The maximum absolute atomic E-state index is 8.81. The second-order valence-corrected chi connectivity index (χ2v) is 4.95. The zero-order valence-corrected chi connectivity index (χ0v) is 9.00. The number of ether oxygens (including phenoxy) is 1. The maximum atomic E-state index is 8.81. The summed E-state index contributed by atoms with van der Waals surface area (Å²) in [5.41, 5.74) is 2.39. The van der Waals surface area contributed by atoms with Crippen molar-refractivity contribution in [3.05, 3.63) is 0 Å². The smallest absolute Gasteiger partial charge is 0.0657 e. The zero-order chi connectivity index (χ0) is 10.1. The van der Waals surface area contributed by atoms with Gasteiger partial charge in [0.05, 0.1) is 6.10 Å². The van der Waals surface area contributed by atoms with E-state index in [-0.39, 0.29) is 11.5 Å². The highest BCUT2D eigenvalue weighted by molar-refractivity contribution is 5.01. The summed E-state index contributed by atoms with van der Waals surface area (Å²) in [5.74, 6) is 0.580. The zero-order valence-electron chi connectivity index (χ0n) is 9.00. The lowest BCUT2D eigenvalue weighted by atomic mass is 9.65. The molecule has 1 saturated carbocycles. The molecule has 0 radical (unpaired) electrons. The SMILES string of the molecule is CC(C)COC1CC(NO)C1(C)C. The molecule has 0 amide bonds. The molecular formula is C10H21NO2. The second-order valence-electron chi connectivity index (χ2n) is 4.95. The Hall–Kier alpha value is -0.120. The highest BCUT2D eigenvalue weighted by Crippen LogP contribution is 2.42. The normalized spacial score (nSPS) is 31.8. The van der Waals surface area contributed by atoms with Gasteiger partial charge in [0.2, 0.25) is 0 Å². The van der Waals surface area contributed by atoms with Gasteiger partial charge in [-0.25, -0.2) is 5.48 Å². The van der Waals surface area contributed by atoms with E-state index < -0.39 is 0 Å². The second kappa shape index (κ2) is 3.95. The third-order valence-electron chi connectivity index (χ3n) is 2.96. The number of rotatable bonds is 4. The van der Waals surface area contributed by atoms with Crippen LogP contribution in [0.2, 0.25) is 0 Å². The van der Waals surface area contributed by atoms with Gasteiger partial charge in [-0.3, -0.25) is 0 Å². The van der Waals surface area contributed by atoms with E-state index in [0.29, 0.717) is 12.0 Å². The summed E-state index contributed by atoms with van der Waals surface area (Å²) in [6, 6.07) is 0.185. The lowest BCUT2D eigenvalue weighted by Gasteiger charge is -2.50. The Balaban J connectivity index is 2.31. The Morgan fingerprint density at radius 3 is 2.54 bits per heavy atom. The molecular weight excluding hydrogens is 166 g/mol. The van der Waals surface area contributed by atoms with Crippen molar-refractivity contribution in [3.8, 4) is 0 Å². The van der Waals surface area contributed by atoms with Crippen LogP contribution in [0.1, 0.15) is 34.1 Å². The summed E-state index contributed by atoms with van der Waals surface area (Å²) in [4.78, 5) is 0. The lowest BCUT2D eigenvalue weighted by molar-refractivity contribution is -0.148. The molecule has 0 aromatic rings. The van der Waals surface area contributed by atoms with Gasteiger partial charge in [0, 0.05) is 18.1 Å². The number of hydrogen-bond acceptors (Lipinski definition) is 3. The Morgan fingerprint density at radius 1 is 1.54 bits per heavy atom. The topological polar surface area (TPSA) is 41.5 Å². The van der Waals surface area contributed by atoms with E-state index in [9.17, 15) is 0 Å². The molecule has 1 aliphatic carbocycles. The third-order valence-corrected chi connectivity index (χ3v) is 2.96. The van der Waals surface area contributed by atoms with Crippen LogP contribution < -0.4 is 5.48 Å². The molecule has 2 N–H and O–H groups in total. The van der Waals surface area contributed by atoms with Crippen LogP contribution in [0.5, 0.6) is 0 Å². The minimum absolute atomic E-state index is 0.0592. The van der Waals surface area contributed by atoms with Crippen molar-refractivity contribution < 1.29 is 9.94 Å². The molecule has 1 fully saturated rings. The quantitative estimate of drug-likeness (QED) is 0.659. The van der Waals surface area contributed by atoms with Gasteiger partial charge in [-0.15, -0.1) is 0 Å². The molecule has 0 heterocycles. The Labute approximate surface area is 80.4 Å².